The largest absolute Gasteiger partial charge is 0.460 e. The Bertz CT molecular complexity index is 889. The van der Waals surface area contributed by atoms with E-state index in [9.17, 15) is 9.59 Å². The van der Waals surface area contributed by atoms with Crippen molar-refractivity contribution in [3.63, 3.8) is 0 Å². The molecule has 26 heavy (non-hydrogen) atoms. The van der Waals surface area contributed by atoms with Crippen LogP contribution in [0, 0.1) is 5.92 Å². The highest BCUT2D eigenvalue weighted by molar-refractivity contribution is 5.94. The van der Waals surface area contributed by atoms with E-state index in [1.54, 1.807) is 0 Å². The summed E-state index contributed by atoms with van der Waals surface area (Å²) in [7, 11) is 0. The molecule has 0 fully saturated rings. The highest BCUT2D eigenvalue weighted by atomic mass is 16.7. The number of H-pyrrole nitrogens is 1. The van der Waals surface area contributed by atoms with Gasteiger partial charge in [-0.15, -0.1) is 0 Å². The molecule has 6 nitrogen and oxygen atoms in total. The summed E-state index contributed by atoms with van der Waals surface area (Å²) in [4.78, 5) is 31.6. The van der Waals surface area contributed by atoms with Gasteiger partial charge >= 0.3 is 11.9 Å². The van der Waals surface area contributed by atoms with Crippen molar-refractivity contribution < 1.29 is 19.2 Å². The molecule has 1 aromatic heterocycles. The van der Waals surface area contributed by atoms with Crippen LogP contribution < -0.4 is 5.90 Å². The van der Waals surface area contributed by atoms with Crippen molar-refractivity contribution in [3.05, 3.63) is 71.9 Å². The fourth-order valence-corrected chi connectivity index (χ4v) is 2.81. The molecule has 0 spiro atoms. The monoisotopic (exact) mass is 352 g/mol. The minimum atomic E-state index is -1.05. The third-order valence-electron chi connectivity index (χ3n) is 4.25. The maximum Gasteiger partial charge on any atom is 0.338 e. The Labute approximate surface area is 150 Å². The lowest BCUT2D eigenvalue weighted by molar-refractivity contribution is -0.163. The lowest BCUT2D eigenvalue weighted by Crippen LogP contribution is -2.30. The van der Waals surface area contributed by atoms with E-state index in [0.29, 0.717) is 6.42 Å². The van der Waals surface area contributed by atoms with Crippen LogP contribution in [0.1, 0.15) is 17.5 Å². The molecule has 0 saturated heterocycles. The van der Waals surface area contributed by atoms with E-state index >= 15 is 0 Å². The maximum absolute atomic E-state index is 12.3. The van der Waals surface area contributed by atoms with E-state index in [-0.39, 0.29) is 13.0 Å². The first-order valence-corrected chi connectivity index (χ1v) is 8.34. The predicted molar refractivity (Wildman–Crippen MR) is 96.6 cm³/mol. The summed E-state index contributed by atoms with van der Waals surface area (Å²) in [5, 5.41) is 1.08. The van der Waals surface area contributed by atoms with Crippen LogP contribution in [-0.2, 0) is 32.2 Å². The van der Waals surface area contributed by atoms with Crippen LogP contribution in [-0.4, -0.2) is 16.9 Å². The summed E-state index contributed by atoms with van der Waals surface area (Å²) in [6.45, 7) is 0.101. The van der Waals surface area contributed by atoms with Gasteiger partial charge in [0.25, 0.3) is 0 Å². The molecule has 134 valence electrons. The molecule has 3 aromatic rings. The fourth-order valence-electron chi connectivity index (χ4n) is 2.81. The summed E-state index contributed by atoms with van der Waals surface area (Å²) < 4.78 is 5.26. The Balaban J connectivity index is 1.63. The summed E-state index contributed by atoms with van der Waals surface area (Å²) in [5.74, 6) is 2.52. The van der Waals surface area contributed by atoms with Gasteiger partial charge in [0, 0.05) is 11.7 Å². The fraction of sp³-hybridized carbons (Fsp3) is 0.200. The topological polar surface area (TPSA) is 94.4 Å². The minimum Gasteiger partial charge on any atom is -0.460 e. The second-order valence-corrected chi connectivity index (χ2v) is 6.02. The number of aromatic nitrogens is 1. The summed E-state index contributed by atoms with van der Waals surface area (Å²) in [5.41, 5.74) is 2.90. The van der Waals surface area contributed by atoms with Gasteiger partial charge in [-0.05, 0) is 47.6 Å². The zero-order valence-electron chi connectivity index (χ0n) is 14.2. The van der Waals surface area contributed by atoms with Crippen molar-refractivity contribution in [1.82, 2.24) is 4.98 Å². The average molecular weight is 352 g/mol. The second kappa shape index (κ2) is 8.31. The first-order valence-electron chi connectivity index (χ1n) is 8.34. The number of nitrogens with two attached hydrogens (primary N) is 1. The van der Waals surface area contributed by atoms with Crippen LogP contribution >= 0.6 is 0 Å². The lowest BCUT2D eigenvalue weighted by atomic mass is 9.99. The minimum absolute atomic E-state index is 0.101. The SMILES string of the molecule is NOC(=O)[C@H](CCc1ccc2[nH]ccc2c1)C(=O)OCc1ccccc1. The molecule has 0 unspecified atom stereocenters. The van der Waals surface area contributed by atoms with E-state index in [2.05, 4.69) is 9.82 Å². The average Bonchev–Trinajstić information content (AvgIpc) is 3.15. The number of hydrogen-bond donors (Lipinski definition) is 2. The van der Waals surface area contributed by atoms with E-state index in [4.69, 9.17) is 10.6 Å². The number of benzene rings is 2. The van der Waals surface area contributed by atoms with E-state index in [1.165, 1.54) is 0 Å². The standard InChI is InChI=1S/C20H20N2O4/c21-26-20(24)17(19(23)25-13-15-4-2-1-3-5-15)8-6-14-7-9-18-16(12-14)10-11-22-18/h1-5,7,9-12,17,22H,6,8,13,21H2/t17-/m1/s1. The highest BCUT2D eigenvalue weighted by Gasteiger charge is 2.29. The van der Waals surface area contributed by atoms with Crippen molar-refractivity contribution in [1.29, 1.82) is 0 Å². The van der Waals surface area contributed by atoms with Crippen LogP contribution in [0.3, 0.4) is 0 Å². The molecule has 0 saturated carbocycles. The molecular formula is C20H20N2O4. The normalized spacial score (nSPS) is 11.9. The second-order valence-electron chi connectivity index (χ2n) is 6.02. The van der Waals surface area contributed by atoms with Crippen LogP contribution in [0.5, 0.6) is 0 Å². The number of fused-ring (bicyclic) bond motifs is 1. The zero-order chi connectivity index (χ0) is 18.4. The van der Waals surface area contributed by atoms with Gasteiger partial charge in [0.05, 0.1) is 0 Å². The van der Waals surface area contributed by atoms with Crippen molar-refractivity contribution in [2.45, 2.75) is 19.4 Å². The third-order valence-corrected chi connectivity index (χ3v) is 4.25. The van der Waals surface area contributed by atoms with E-state index in [1.807, 2.05) is 60.8 Å². The van der Waals surface area contributed by atoms with Crippen molar-refractivity contribution in [3.8, 4) is 0 Å². The Hall–Kier alpha value is -3.12. The van der Waals surface area contributed by atoms with Gasteiger partial charge in [-0.1, -0.05) is 36.4 Å². The molecule has 0 radical (unpaired) electrons. The number of esters is 1. The van der Waals surface area contributed by atoms with Gasteiger partial charge in [-0.3, -0.25) is 4.79 Å². The molecule has 1 heterocycles. The van der Waals surface area contributed by atoms with Gasteiger partial charge in [-0.25, -0.2) is 4.79 Å². The smallest absolute Gasteiger partial charge is 0.338 e. The number of carbonyl (C=O) groups excluding carboxylic acids is 2. The van der Waals surface area contributed by atoms with Crippen LogP contribution in [0.15, 0.2) is 60.8 Å². The quantitative estimate of drug-likeness (QED) is 0.387. The Morgan fingerprint density at radius 3 is 2.58 bits per heavy atom. The molecule has 0 aliphatic rings. The molecule has 1 atom stereocenters. The maximum atomic E-state index is 12.3. The van der Waals surface area contributed by atoms with Crippen LogP contribution in [0.2, 0.25) is 0 Å². The van der Waals surface area contributed by atoms with Gasteiger partial charge in [-0.2, -0.15) is 5.90 Å². The number of nitrogens with one attached hydrogen (secondary N) is 1. The first kappa shape index (κ1) is 17.7. The summed E-state index contributed by atoms with van der Waals surface area (Å²) in [6, 6.07) is 17.2. The third kappa shape index (κ3) is 4.29. The predicted octanol–water partition coefficient (Wildman–Crippen LogP) is 2.88. The molecule has 0 amide bonds. The molecule has 0 aliphatic heterocycles. The van der Waals surface area contributed by atoms with Gasteiger partial charge in [0.1, 0.15) is 6.61 Å². The van der Waals surface area contributed by atoms with Crippen LogP contribution in [0.4, 0.5) is 0 Å². The number of ether oxygens (including phenoxy) is 1. The Morgan fingerprint density at radius 2 is 1.81 bits per heavy atom. The Morgan fingerprint density at radius 1 is 1.00 bits per heavy atom. The lowest BCUT2D eigenvalue weighted by Gasteiger charge is -2.14. The van der Waals surface area contributed by atoms with Gasteiger partial charge in [0.2, 0.25) is 0 Å². The molecule has 0 bridgehead atoms. The van der Waals surface area contributed by atoms with Crippen molar-refractivity contribution in [2.24, 2.45) is 11.8 Å². The number of aromatic amines is 1. The number of aryl methyl sites for hydroxylation is 1. The molecular weight excluding hydrogens is 332 g/mol. The number of hydrogen-bond acceptors (Lipinski definition) is 5. The van der Waals surface area contributed by atoms with Crippen molar-refractivity contribution in [2.75, 3.05) is 0 Å². The van der Waals surface area contributed by atoms with Crippen LogP contribution in [0.25, 0.3) is 10.9 Å². The number of carbonyl (C=O) groups is 2. The zero-order valence-corrected chi connectivity index (χ0v) is 14.2. The summed E-state index contributed by atoms with van der Waals surface area (Å²) in [6.07, 6.45) is 2.66. The molecule has 0 aliphatic carbocycles. The molecule has 2 aromatic carbocycles. The van der Waals surface area contributed by atoms with E-state index in [0.717, 1.165) is 22.0 Å². The molecule has 6 heteroatoms. The molecule has 3 N–H and O–H groups in total. The highest BCUT2D eigenvalue weighted by Crippen LogP contribution is 2.18. The first-order chi connectivity index (χ1) is 12.7. The van der Waals surface area contributed by atoms with Gasteiger partial charge < -0.3 is 14.6 Å². The summed E-state index contributed by atoms with van der Waals surface area (Å²) >= 11 is 0. The number of rotatable bonds is 7. The van der Waals surface area contributed by atoms with Crippen molar-refractivity contribution >= 4 is 22.8 Å². The Kier molecular flexibility index (Phi) is 5.66. The molecule has 3 rings (SSSR count). The van der Waals surface area contributed by atoms with Gasteiger partial charge in [0.15, 0.2) is 5.92 Å². The van der Waals surface area contributed by atoms with E-state index < -0.39 is 17.9 Å².